The maximum atomic E-state index is 10.1. The van der Waals surface area contributed by atoms with Gasteiger partial charge in [-0.25, -0.2) is 4.99 Å². The Kier molecular flexibility index (Phi) is 5.27. The zero-order valence-corrected chi connectivity index (χ0v) is 12.3. The van der Waals surface area contributed by atoms with Crippen LogP contribution in [-0.4, -0.2) is 17.6 Å². The maximum absolute atomic E-state index is 10.1. The number of benzene rings is 1. The summed E-state index contributed by atoms with van der Waals surface area (Å²) in [6.07, 6.45) is 6.79. The van der Waals surface area contributed by atoms with E-state index in [1.54, 1.807) is 6.07 Å². The maximum Gasteiger partial charge on any atom is 0.188 e. The first kappa shape index (κ1) is 14.7. The largest absolute Gasteiger partial charge is 0.508 e. The Morgan fingerprint density at radius 3 is 2.95 bits per heavy atom. The summed E-state index contributed by atoms with van der Waals surface area (Å²) in [5.74, 6) is 0.807. The average Bonchev–Trinajstić information content (AvgIpc) is 2.46. The van der Waals surface area contributed by atoms with Crippen LogP contribution < -0.4 is 11.1 Å². The highest BCUT2D eigenvalue weighted by molar-refractivity contribution is 5.77. The molecule has 1 aromatic rings. The van der Waals surface area contributed by atoms with Crippen molar-refractivity contribution in [2.45, 2.75) is 52.0 Å². The van der Waals surface area contributed by atoms with E-state index in [1.807, 2.05) is 6.07 Å². The molecule has 1 aliphatic rings. The number of aliphatic imine (C=N–C) groups is 1. The number of aromatic hydroxyl groups is 1. The summed E-state index contributed by atoms with van der Waals surface area (Å²) in [5.41, 5.74) is 9.43. The molecule has 0 unspecified atom stereocenters. The first-order chi connectivity index (χ1) is 9.72. The molecule has 0 amide bonds. The number of phenolic OH excluding ortho intramolecular Hbond substituents is 1. The number of hydrogen-bond donors (Lipinski definition) is 3. The third-order valence-corrected chi connectivity index (χ3v) is 3.87. The molecule has 0 radical (unpaired) electrons. The van der Waals surface area contributed by atoms with Gasteiger partial charge in [0.2, 0.25) is 0 Å². The summed E-state index contributed by atoms with van der Waals surface area (Å²) in [6.45, 7) is 3.45. The molecule has 0 heterocycles. The number of guanidine groups is 1. The van der Waals surface area contributed by atoms with Crippen molar-refractivity contribution in [3.63, 3.8) is 0 Å². The molecule has 110 valence electrons. The van der Waals surface area contributed by atoms with E-state index in [4.69, 9.17) is 5.73 Å². The first-order valence-corrected chi connectivity index (χ1v) is 7.58. The van der Waals surface area contributed by atoms with Crippen LogP contribution in [0.25, 0.3) is 0 Å². The molecular weight excluding hydrogens is 250 g/mol. The summed E-state index contributed by atoms with van der Waals surface area (Å²) in [7, 11) is 0. The Labute approximate surface area is 121 Å². The molecular formula is C16H25N3O. The standard InChI is InChI=1S/C16H25N3O/c1-2-3-10-18-16(17)19-11-14-13-7-5-4-6-12(13)8-9-15(14)20/h8-9,20H,2-7,10-11H2,1H3,(H3,17,18,19). The van der Waals surface area contributed by atoms with Crippen LogP contribution in [0.1, 0.15) is 49.3 Å². The number of aryl methyl sites for hydroxylation is 1. The molecule has 4 heteroatoms. The summed E-state index contributed by atoms with van der Waals surface area (Å²) in [4.78, 5) is 4.36. The third-order valence-electron chi connectivity index (χ3n) is 3.87. The van der Waals surface area contributed by atoms with E-state index >= 15 is 0 Å². The van der Waals surface area contributed by atoms with Crippen molar-refractivity contribution in [1.82, 2.24) is 5.32 Å². The van der Waals surface area contributed by atoms with Crippen molar-refractivity contribution in [2.24, 2.45) is 10.7 Å². The molecule has 0 fully saturated rings. The second-order valence-corrected chi connectivity index (χ2v) is 5.39. The number of fused-ring (bicyclic) bond motifs is 1. The second-order valence-electron chi connectivity index (χ2n) is 5.39. The monoisotopic (exact) mass is 275 g/mol. The molecule has 0 atom stereocenters. The molecule has 0 saturated heterocycles. The van der Waals surface area contributed by atoms with Gasteiger partial charge in [0.15, 0.2) is 5.96 Å². The van der Waals surface area contributed by atoms with Crippen LogP contribution in [0.5, 0.6) is 5.75 Å². The predicted octanol–water partition coefficient (Wildman–Crippen LogP) is 2.48. The molecule has 2 rings (SSSR count). The topological polar surface area (TPSA) is 70.6 Å². The van der Waals surface area contributed by atoms with Gasteiger partial charge in [-0.05, 0) is 49.3 Å². The minimum absolute atomic E-state index is 0.343. The highest BCUT2D eigenvalue weighted by atomic mass is 16.3. The lowest BCUT2D eigenvalue weighted by Gasteiger charge is -2.19. The lowest BCUT2D eigenvalue weighted by molar-refractivity contribution is 0.465. The fourth-order valence-electron chi connectivity index (χ4n) is 2.68. The zero-order valence-electron chi connectivity index (χ0n) is 12.3. The minimum atomic E-state index is 0.343. The average molecular weight is 275 g/mol. The fourth-order valence-corrected chi connectivity index (χ4v) is 2.68. The molecule has 0 bridgehead atoms. The fraction of sp³-hybridized carbons (Fsp3) is 0.562. The summed E-state index contributed by atoms with van der Waals surface area (Å²) in [5, 5.41) is 13.2. The number of rotatable bonds is 5. The highest BCUT2D eigenvalue weighted by Crippen LogP contribution is 2.30. The van der Waals surface area contributed by atoms with Crippen LogP contribution in [0.4, 0.5) is 0 Å². The molecule has 4 N–H and O–H groups in total. The van der Waals surface area contributed by atoms with E-state index < -0.39 is 0 Å². The molecule has 0 aromatic heterocycles. The number of nitrogens with zero attached hydrogens (tertiary/aromatic N) is 1. The summed E-state index contributed by atoms with van der Waals surface area (Å²) < 4.78 is 0. The van der Waals surface area contributed by atoms with Crippen LogP contribution in [0, 0.1) is 0 Å². The van der Waals surface area contributed by atoms with Crippen molar-refractivity contribution in [3.05, 3.63) is 28.8 Å². The van der Waals surface area contributed by atoms with Crippen LogP contribution in [0.2, 0.25) is 0 Å². The summed E-state index contributed by atoms with van der Waals surface area (Å²) in [6, 6.07) is 3.83. The van der Waals surface area contributed by atoms with E-state index in [-0.39, 0.29) is 0 Å². The second kappa shape index (κ2) is 7.17. The van der Waals surface area contributed by atoms with Crippen molar-refractivity contribution in [1.29, 1.82) is 0 Å². The van der Waals surface area contributed by atoms with E-state index in [9.17, 15) is 5.11 Å². The van der Waals surface area contributed by atoms with Crippen molar-refractivity contribution >= 4 is 5.96 Å². The lowest BCUT2D eigenvalue weighted by Crippen LogP contribution is -2.32. The highest BCUT2D eigenvalue weighted by Gasteiger charge is 2.15. The van der Waals surface area contributed by atoms with Gasteiger partial charge in [0, 0.05) is 12.1 Å². The van der Waals surface area contributed by atoms with Gasteiger partial charge in [0.05, 0.1) is 6.54 Å². The van der Waals surface area contributed by atoms with Crippen LogP contribution in [-0.2, 0) is 19.4 Å². The Balaban J connectivity index is 2.07. The number of unbranched alkanes of at least 4 members (excludes halogenated alkanes) is 1. The van der Waals surface area contributed by atoms with Gasteiger partial charge >= 0.3 is 0 Å². The van der Waals surface area contributed by atoms with Crippen molar-refractivity contribution < 1.29 is 5.11 Å². The van der Waals surface area contributed by atoms with Crippen molar-refractivity contribution in [2.75, 3.05) is 6.54 Å². The number of nitrogens with one attached hydrogen (secondary N) is 1. The third kappa shape index (κ3) is 3.65. The SMILES string of the molecule is CCCCNC(N)=NCc1c(O)ccc2c1CCCC2. The van der Waals surface area contributed by atoms with Gasteiger partial charge in [-0.15, -0.1) is 0 Å². The van der Waals surface area contributed by atoms with Gasteiger partial charge in [-0.3, -0.25) is 0 Å². The van der Waals surface area contributed by atoms with Crippen LogP contribution in [0.15, 0.2) is 17.1 Å². The van der Waals surface area contributed by atoms with Gasteiger partial charge in [-0.2, -0.15) is 0 Å². The Bertz CT molecular complexity index is 483. The summed E-state index contributed by atoms with van der Waals surface area (Å²) >= 11 is 0. The Morgan fingerprint density at radius 2 is 2.15 bits per heavy atom. The Morgan fingerprint density at radius 1 is 1.35 bits per heavy atom. The van der Waals surface area contributed by atoms with Crippen molar-refractivity contribution in [3.8, 4) is 5.75 Å². The van der Waals surface area contributed by atoms with Gasteiger partial charge < -0.3 is 16.2 Å². The molecule has 1 aliphatic carbocycles. The predicted molar refractivity (Wildman–Crippen MR) is 83.0 cm³/mol. The minimum Gasteiger partial charge on any atom is -0.508 e. The number of phenols is 1. The van der Waals surface area contributed by atoms with Gasteiger partial charge in [0.25, 0.3) is 0 Å². The van der Waals surface area contributed by atoms with E-state index in [0.29, 0.717) is 18.3 Å². The number of nitrogens with two attached hydrogens (primary N) is 1. The lowest BCUT2D eigenvalue weighted by atomic mass is 9.88. The molecule has 4 nitrogen and oxygen atoms in total. The molecule has 0 aliphatic heterocycles. The smallest absolute Gasteiger partial charge is 0.188 e. The molecule has 20 heavy (non-hydrogen) atoms. The first-order valence-electron chi connectivity index (χ1n) is 7.58. The Hall–Kier alpha value is -1.71. The van der Waals surface area contributed by atoms with E-state index in [1.165, 1.54) is 24.0 Å². The normalized spacial score (nSPS) is 14.9. The molecule has 0 saturated carbocycles. The zero-order chi connectivity index (χ0) is 14.4. The number of hydrogen-bond acceptors (Lipinski definition) is 2. The van der Waals surface area contributed by atoms with Gasteiger partial charge in [0.1, 0.15) is 5.75 Å². The van der Waals surface area contributed by atoms with E-state index in [0.717, 1.165) is 37.8 Å². The van der Waals surface area contributed by atoms with Crippen LogP contribution in [0.3, 0.4) is 0 Å². The molecule has 1 aromatic carbocycles. The molecule has 0 spiro atoms. The van der Waals surface area contributed by atoms with Crippen LogP contribution >= 0.6 is 0 Å². The quantitative estimate of drug-likeness (QED) is 0.439. The van der Waals surface area contributed by atoms with E-state index in [2.05, 4.69) is 17.2 Å². The van der Waals surface area contributed by atoms with Gasteiger partial charge in [-0.1, -0.05) is 19.4 Å².